The second-order valence-corrected chi connectivity index (χ2v) is 2.82. The van der Waals surface area contributed by atoms with Crippen molar-refractivity contribution in [1.82, 2.24) is 0 Å². The minimum atomic E-state index is -0.125. The first-order valence-corrected chi connectivity index (χ1v) is 5.23. The lowest BCUT2D eigenvalue weighted by molar-refractivity contribution is 0.186. The number of hydrogen-bond donors (Lipinski definition) is 2. The fourth-order valence-corrected chi connectivity index (χ4v) is 0. The minimum Gasteiger partial charge on any atom is -0.394 e. The van der Waals surface area contributed by atoms with Crippen LogP contribution in [-0.4, -0.2) is 48.3 Å². The van der Waals surface area contributed by atoms with Gasteiger partial charge in [0.05, 0.1) is 13.2 Å². The Kier molecular flexibility index (Phi) is 49.8. The van der Waals surface area contributed by atoms with Crippen LogP contribution < -0.4 is 0 Å². The summed E-state index contributed by atoms with van der Waals surface area (Å²) in [6, 6.07) is 0. The highest BCUT2D eigenvalue weighted by Crippen LogP contribution is 1.82. The molecule has 0 aromatic rings. The van der Waals surface area contributed by atoms with Gasteiger partial charge < -0.3 is 14.9 Å². The summed E-state index contributed by atoms with van der Waals surface area (Å²) < 4.78 is 4.25. The first kappa shape index (κ1) is 17.8. The predicted molar refractivity (Wildman–Crippen MR) is 54.7 cm³/mol. The molecule has 0 aliphatic rings. The molecule has 3 nitrogen and oxygen atoms in total. The van der Waals surface area contributed by atoms with Gasteiger partial charge in [-0.1, -0.05) is 31.9 Å². The van der Waals surface area contributed by atoms with E-state index in [-0.39, 0.29) is 13.2 Å². The molecule has 0 heterocycles. The van der Waals surface area contributed by atoms with Crippen LogP contribution >= 0.6 is 31.9 Å². The molecule has 0 amide bonds. The molecule has 0 fully saturated rings. The monoisotopic (exact) mass is 294 g/mol. The lowest BCUT2D eigenvalue weighted by atomic mass is 10.8. The SMILES string of the molecule is BrCCBr.COC.OCCO. The molecular weight excluding hydrogens is 280 g/mol. The van der Waals surface area contributed by atoms with E-state index in [4.69, 9.17) is 10.2 Å². The van der Waals surface area contributed by atoms with E-state index in [0.717, 1.165) is 10.7 Å². The maximum absolute atomic E-state index is 7.62. The Bertz CT molecular complexity index is 31.0. The lowest BCUT2D eigenvalue weighted by Crippen LogP contribution is -1.85. The van der Waals surface area contributed by atoms with Crippen molar-refractivity contribution in [3.05, 3.63) is 0 Å². The van der Waals surface area contributed by atoms with Gasteiger partial charge in [0, 0.05) is 24.9 Å². The molecule has 0 radical (unpaired) electrons. The third kappa shape index (κ3) is 105. The van der Waals surface area contributed by atoms with E-state index in [0.29, 0.717) is 0 Å². The van der Waals surface area contributed by atoms with Gasteiger partial charge in [0.15, 0.2) is 0 Å². The van der Waals surface area contributed by atoms with E-state index in [9.17, 15) is 0 Å². The van der Waals surface area contributed by atoms with Crippen LogP contribution in [0.2, 0.25) is 0 Å². The summed E-state index contributed by atoms with van der Waals surface area (Å²) >= 11 is 6.40. The Morgan fingerprint density at radius 3 is 1.18 bits per heavy atom. The minimum absolute atomic E-state index is 0.125. The summed E-state index contributed by atoms with van der Waals surface area (Å²) in [6.07, 6.45) is 0. The molecule has 0 spiro atoms. The Hall–Kier alpha value is 0.840. The third-order valence-corrected chi connectivity index (χ3v) is 2.03. The van der Waals surface area contributed by atoms with Crippen molar-refractivity contribution in [3.8, 4) is 0 Å². The highest BCUT2D eigenvalue weighted by atomic mass is 79.9. The molecule has 0 aromatic carbocycles. The number of rotatable bonds is 2. The standard InChI is InChI=1S/C2H4Br2.C2H6O2.C2H6O/c2*3-1-2-4;1-3-2/h1-2H2;3-4H,1-2H2;1-2H3. The van der Waals surface area contributed by atoms with Crippen LogP contribution in [0.15, 0.2) is 0 Å². The summed E-state index contributed by atoms with van der Waals surface area (Å²) in [7, 11) is 3.25. The topological polar surface area (TPSA) is 49.7 Å². The number of alkyl halides is 2. The zero-order valence-corrected chi connectivity index (χ0v) is 10.1. The fourth-order valence-electron chi connectivity index (χ4n) is 0. The Balaban J connectivity index is -0.0000000886. The van der Waals surface area contributed by atoms with Crippen molar-refractivity contribution in [1.29, 1.82) is 0 Å². The van der Waals surface area contributed by atoms with Gasteiger partial charge in [0.2, 0.25) is 0 Å². The fraction of sp³-hybridized carbons (Fsp3) is 1.00. The van der Waals surface area contributed by atoms with Gasteiger partial charge in [-0.3, -0.25) is 0 Å². The van der Waals surface area contributed by atoms with Gasteiger partial charge in [-0.25, -0.2) is 0 Å². The zero-order valence-electron chi connectivity index (χ0n) is 6.89. The van der Waals surface area contributed by atoms with Crippen molar-refractivity contribution in [2.45, 2.75) is 0 Å². The molecule has 72 valence electrons. The van der Waals surface area contributed by atoms with Crippen LogP contribution in [0.5, 0.6) is 0 Å². The van der Waals surface area contributed by atoms with E-state index in [1.165, 1.54) is 0 Å². The zero-order chi connectivity index (χ0) is 9.54. The number of ether oxygens (including phenoxy) is 1. The molecule has 0 rings (SSSR count). The van der Waals surface area contributed by atoms with Crippen molar-refractivity contribution in [2.75, 3.05) is 38.1 Å². The van der Waals surface area contributed by atoms with E-state index in [1.807, 2.05) is 0 Å². The molecule has 11 heavy (non-hydrogen) atoms. The van der Waals surface area contributed by atoms with Gasteiger partial charge in [-0.05, 0) is 0 Å². The summed E-state index contributed by atoms with van der Waals surface area (Å²) in [5.74, 6) is 0. The average molecular weight is 296 g/mol. The number of hydrogen-bond acceptors (Lipinski definition) is 3. The number of methoxy groups -OCH3 is 1. The van der Waals surface area contributed by atoms with Crippen molar-refractivity contribution in [3.63, 3.8) is 0 Å². The van der Waals surface area contributed by atoms with Gasteiger partial charge in [-0.15, -0.1) is 0 Å². The van der Waals surface area contributed by atoms with Gasteiger partial charge in [0.25, 0.3) is 0 Å². The van der Waals surface area contributed by atoms with Gasteiger partial charge in [-0.2, -0.15) is 0 Å². The largest absolute Gasteiger partial charge is 0.394 e. The molecule has 5 heteroatoms. The van der Waals surface area contributed by atoms with Crippen LogP contribution in [0.3, 0.4) is 0 Å². The van der Waals surface area contributed by atoms with Gasteiger partial charge in [0.1, 0.15) is 0 Å². The molecule has 2 N–H and O–H groups in total. The normalized spacial score (nSPS) is 7.09. The Labute approximate surface area is 85.0 Å². The number of halogens is 2. The maximum atomic E-state index is 7.62. The second kappa shape index (κ2) is 30.8. The molecule has 0 aliphatic carbocycles. The van der Waals surface area contributed by atoms with Gasteiger partial charge >= 0.3 is 0 Å². The maximum Gasteiger partial charge on any atom is 0.0662 e. The first-order chi connectivity index (χ1) is 5.24. The summed E-state index contributed by atoms with van der Waals surface area (Å²) in [6.45, 7) is -0.250. The Morgan fingerprint density at radius 1 is 1.00 bits per heavy atom. The molecule has 0 atom stereocenters. The molecule has 0 aliphatic heterocycles. The van der Waals surface area contributed by atoms with E-state index < -0.39 is 0 Å². The van der Waals surface area contributed by atoms with E-state index in [2.05, 4.69) is 36.6 Å². The predicted octanol–water partition coefficient (Wildman–Crippen LogP) is 1.01. The number of aliphatic hydroxyl groups is 2. The second-order valence-electron chi connectivity index (χ2n) is 1.23. The third-order valence-electron chi connectivity index (χ3n) is 0.171. The molecular formula is C6H16Br2O3. The highest BCUT2D eigenvalue weighted by Gasteiger charge is 1.60. The summed E-state index contributed by atoms with van der Waals surface area (Å²) in [5.41, 5.74) is 0. The number of aliphatic hydroxyl groups excluding tert-OH is 2. The van der Waals surface area contributed by atoms with Crippen LogP contribution in [0, 0.1) is 0 Å². The molecule has 0 aromatic heterocycles. The van der Waals surface area contributed by atoms with Crippen LogP contribution in [0.1, 0.15) is 0 Å². The van der Waals surface area contributed by atoms with E-state index in [1.54, 1.807) is 14.2 Å². The smallest absolute Gasteiger partial charge is 0.0662 e. The summed E-state index contributed by atoms with van der Waals surface area (Å²) in [5, 5.41) is 17.3. The van der Waals surface area contributed by atoms with E-state index >= 15 is 0 Å². The van der Waals surface area contributed by atoms with Crippen LogP contribution in [0.25, 0.3) is 0 Å². The van der Waals surface area contributed by atoms with Crippen molar-refractivity contribution >= 4 is 31.9 Å². The highest BCUT2D eigenvalue weighted by molar-refractivity contribution is 9.11. The lowest BCUT2D eigenvalue weighted by Gasteiger charge is -1.70. The summed E-state index contributed by atoms with van der Waals surface area (Å²) in [4.78, 5) is 0. The van der Waals surface area contributed by atoms with Crippen LogP contribution in [-0.2, 0) is 4.74 Å². The molecule has 0 saturated heterocycles. The van der Waals surface area contributed by atoms with Crippen molar-refractivity contribution < 1.29 is 14.9 Å². The Morgan fingerprint density at radius 2 is 1.18 bits per heavy atom. The average Bonchev–Trinajstić information content (AvgIpc) is 2.06. The quantitative estimate of drug-likeness (QED) is 0.748. The van der Waals surface area contributed by atoms with Crippen molar-refractivity contribution in [2.24, 2.45) is 0 Å². The molecule has 0 unspecified atom stereocenters. The molecule has 0 saturated carbocycles. The molecule has 0 bridgehead atoms. The van der Waals surface area contributed by atoms with Crippen LogP contribution in [0.4, 0.5) is 0 Å². The first-order valence-electron chi connectivity index (χ1n) is 2.98.